The summed E-state index contributed by atoms with van der Waals surface area (Å²) in [4.78, 5) is 35.1. The first-order valence-electron chi connectivity index (χ1n) is 12.1. The number of benzene rings is 1. The van der Waals surface area contributed by atoms with Gasteiger partial charge in [-0.1, -0.05) is 17.7 Å². The molecule has 1 aliphatic rings. The number of hydrogen-bond donors (Lipinski definition) is 1. The Morgan fingerprint density at radius 2 is 2.00 bits per heavy atom. The van der Waals surface area contributed by atoms with Crippen LogP contribution in [0.4, 0.5) is 5.82 Å². The number of fused-ring (bicyclic) bond motifs is 3. The Balaban J connectivity index is 1.37. The minimum Gasteiger partial charge on any atom is -0.495 e. The molecule has 8 nitrogen and oxygen atoms in total. The highest BCUT2D eigenvalue weighted by Gasteiger charge is 2.27. The molecule has 1 amide bonds. The second-order valence-corrected chi connectivity index (χ2v) is 10.3. The number of carbonyl (C=O) groups is 1. The highest BCUT2D eigenvalue weighted by atomic mass is 35.5. The van der Waals surface area contributed by atoms with Gasteiger partial charge >= 0.3 is 0 Å². The fourth-order valence-electron chi connectivity index (χ4n) is 4.60. The van der Waals surface area contributed by atoms with E-state index in [0.29, 0.717) is 41.8 Å². The molecule has 190 valence electrons. The molecule has 0 radical (unpaired) electrons. The van der Waals surface area contributed by atoms with Crippen LogP contribution in [0.5, 0.6) is 5.75 Å². The van der Waals surface area contributed by atoms with Gasteiger partial charge in [0.1, 0.15) is 16.4 Å². The summed E-state index contributed by atoms with van der Waals surface area (Å²) >= 11 is 7.97. The molecule has 5 aromatic rings. The van der Waals surface area contributed by atoms with Crippen LogP contribution in [0.15, 0.2) is 67.3 Å². The monoisotopic (exact) mass is 542 g/mol. The second-order valence-electron chi connectivity index (χ2n) is 8.86. The number of hydrogen-bond acceptors (Lipinski definition) is 8. The van der Waals surface area contributed by atoms with Crippen molar-refractivity contribution in [3.63, 3.8) is 0 Å². The molecule has 0 atom stereocenters. The van der Waals surface area contributed by atoms with Crippen LogP contribution >= 0.6 is 22.9 Å². The van der Waals surface area contributed by atoms with E-state index in [2.05, 4.69) is 15.3 Å². The number of thiophene rings is 1. The van der Waals surface area contributed by atoms with E-state index < -0.39 is 0 Å². The van der Waals surface area contributed by atoms with Crippen molar-refractivity contribution >= 4 is 44.9 Å². The Morgan fingerprint density at radius 3 is 2.76 bits per heavy atom. The molecule has 0 spiro atoms. The van der Waals surface area contributed by atoms with Crippen LogP contribution in [-0.2, 0) is 19.5 Å². The SMILES string of the molecule is COc1ccc(CNc2nc(-c3ccncc3)nc3sc4c(c23)CCN(C(=O)c2cccnc2)C4)cc1Cl. The van der Waals surface area contributed by atoms with Crippen LogP contribution in [-0.4, -0.2) is 44.4 Å². The molecule has 10 heteroatoms. The maximum atomic E-state index is 13.1. The van der Waals surface area contributed by atoms with Crippen molar-refractivity contribution in [1.29, 1.82) is 0 Å². The molecule has 0 saturated heterocycles. The van der Waals surface area contributed by atoms with Crippen molar-refractivity contribution < 1.29 is 9.53 Å². The van der Waals surface area contributed by atoms with Gasteiger partial charge < -0.3 is 15.0 Å². The van der Waals surface area contributed by atoms with Crippen LogP contribution < -0.4 is 10.1 Å². The van der Waals surface area contributed by atoms with Gasteiger partial charge in [0, 0.05) is 48.3 Å². The summed E-state index contributed by atoms with van der Waals surface area (Å²) < 4.78 is 5.28. The molecule has 1 aliphatic heterocycles. The zero-order chi connectivity index (χ0) is 26.1. The predicted molar refractivity (Wildman–Crippen MR) is 149 cm³/mol. The summed E-state index contributed by atoms with van der Waals surface area (Å²) in [5.41, 5.74) is 3.68. The lowest BCUT2D eigenvalue weighted by Crippen LogP contribution is -2.35. The second kappa shape index (κ2) is 10.4. The molecule has 38 heavy (non-hydrogen) atoms. The smallest absolute Gasteiger partial charge is 0.255 e. The quantitative estimate of drug-likeness (QED) is 0.297. The minimum atomic E-state index is -0.0144. The van der Waals surface area contributed by atoms with Gasteiger partial charge in [-0.2, -0.15) is 0 Å². The van der Waals surface area contributed by atoms with E-state index >= 15 is 0 Å². The fourth-order valence-corrected chi connectivity index (χ4v) is 6.12. The summed E-state index contributed by atoms with van der Waals surface area (Å²) in [5.74, 6) is 2.01. The van der Waals surface area contributed by atoms with E-state index in [1.54, 1.807) is 55.4 Å². The average Bonchev–Trinajstić information content (AvgIpc) is 3.34. The van der Waals surface area contributed by atoms with E-state index in [1.165, 1.54) is 5.56 Å². The maximum absolute atomic E-state index is 13.1. The van der Waals surface area contributed by atoms with Crippen molar-refractivity contribution in [2.45, 2.75) is 19.5 Å². The molecular weight excluding hydrogens is 520 g/mol. The number of halogens is 1. The lowest BCUT2D eigenvalue weighted by atomic mass is 10.0. The van der Waals surface area contributed by atoms with Gasteiger partial charge in [-0.05, 0) is 53.9 Å². The van der Waals surface area contributed by atoms with E-state index in [9.17, 15) is 4.79 Å². The largest absolute Gasteiger partial charge is 0.495 e. The van der Waals surface area contributed by atoms with Crippen LogP contribution in [0.25, 0.3) is 21.6 Å². The molecule has 5 heterocycles. The number of nitrogens with one attached hydrogen (secondary N) is 1. The number of carbonyl (C=O) groups excluding carboxylic acids is 1. The molecule has 0 fully saturated rings. The third kappa shape index (κ3) is 4.66. The average molecular weight is 543 g/mol. The molecule has 0 aliphatic carbocycles. The molecule has 1 aromatic carbocycles. The number of nitrogens with zero attached hydrogens (tertiary/aromatic N) is 5. The van der Waals surface area contributed by atoms with Crippen LogP contribution in [0.2, 0.25) is 5.02 Å². The summed E-state index contributed by atoms with van der Waals surface area (Å²) in [6.07, 6.45) is 7.48. The zero-order valence-corrected chi connectivity index (χ0v) is 22.1. The number of aromatic nitrogens is 4. The van der Waals surface area contributed by atoms with Gasteiger partial charge in [-0.25, -0.2) is 9.97 Å². The Morgan fingerprint density at radius 1 is 1.13 bits per heavy atom. The van der Waals surface area contributed by atoms with Gasteiger partial charge in [0.15, 0.2) is 5.82 Å². The Kier molecular flexibility index (Phi) is 6.61. The zero-order valence-electron chi connectivity index (χ0n) is 20.5. The van der Waals surface area contributed by atoms with Crippen molar-refractivity contribution in [2.75, 3.05) is 19.0 Å². The number of pyridine rings is 2. The summed E-state index contributed by atoms with van der Waals surface area (Å²) in [5, 5.41) is 5.10. The van der Waals surface area contributed by atoms with Gasteiger partial charge in [-0.15, -0.1) is 11.3 Å². The Bertz CT molecular complexity index is 1630. The lowest BCUT2D eigenvalue weighted by Gasteiger charge is -2.27. The molecular formula is C28H23ClN6O2S. The molecule has 1 N–H and O–H groups in total. The van der Waals surface area contributed by atoms with Gasteiger partial charge in [0.05, 0.1) is 29.6 Å². The molecule has 4 aromatic heterocycles. The Labute approximate surface area is 228 Å². The molecule has 0 saturated carbocycles. The molecule has 0 bridgehead atoms. The van der Waals surface area contributed by atoms with Gasteiger partial charge in [0.2, 0.25) is 0 Å². The normalized spacial score (nSPS) is 12.8. The fraction of sp³-hybridized carbons (Fsp3) is 0.179. The minimum absolute atomic E-state index is 0.0144. The first kappa shape index (κ1) is 24.3. The number of ether oxygens (including phenoxy) is 1. The van der Waals surface area contributed by atoms with Crippen LogP contribution in [0, 0.1) is 0 Å². The van der Waals surface area contributed by atoms with Gasteiger partial charge in [0.25, 0.3) is 5.91 Å². The van der Waals surface area contributed by atoms with Gasteiger partial charge in [-0.3, -0.25) is 14.8 Å². The highest BCUT2D eigenvalue weighted by molar-refractivity contribution is 7.19. The van der Waals surface area contributed by atoms with Crippen molar-refractivity contribution in [3.05, 3.63) is 93.8 Å². The number of amides is 1. The third-order valence-corrected chi connectivity index (χ3v) is 7.92. The van der Waals surface area contributed by atoms with Crippen molar-refractivity contribution in [3.8, 4) is 17.1 Å². The van der Waals surface area contributed by atoms with Crippen molar-refractivity contribution in [2.24, 2.45) is 0 Å². The first-order valence-corrected chi connectivity index (χ1v) is 13.3. The van der Waals surface area contributed by atoms with E-state index in [4.69, 9.17) is 26.3 Å². The maximum Gasteiger partial charge on any atom is 0.255 e. The molecule has 6 rings (SSSR count). The van der Waals surface area contributed by atoms with Crippen molar-refractivity contribution in [1.82, 2.24) is 24.8 Å². The van der Waals surface area contributed by atoms with Crippen LogP contribution in [0.1, 0.15) is 26.4 Å². The van der Waals surface area contributed by atoms with Crippen LogP contribution in [0.3, 0.4) is 0 Å². The summed E-state index contributed by atoms with van der Waals surface area (Å²) in [7, 11) is 1.60. The summed E-state index contributed by atoms with van der Waals surface area (Å²) in [6.45, 7) is 1.68. The van der Waals surface area contributed by atoms with E-state index in [-0.39, 0.29) is 5.91 Å². The predicted octanol–water partition coefficient (Wildman–Crippen LogP) is 5.62. The van der Waals surface area contributed by atoms with E-state index in [0.717, 1.165) is 38.5 Å². The lowest BCUT2D eigenvalue weighted by molar-refractivity contribution is 0.0737. The number of methoxy groups -OCH3 is 1. The standard InChI is InChI=1S/C28H23ClN6O2S/c1-37-22-5-4-17(13-21(22)29)14-32-26-24-20-8-12-35(28(36)19-3-2-9-31-15-19)16-23(20)38-27(24)34-25(33-26)18-6-10-30-11-7-18/h2-7,9-11,13,15H,8,12,14,16H2,1H3,(H,32,33,34). The highest BCUT2D eigenvalue weighted by Crippen LogP contribution is 2.39. The molecule has 0 unspecified atom stereocenters. The Hall–Kier alpha value is -4.08. The number of rotatable bonds is 6. The third-order valence-electron chi connectivity index (χ3n) is 6.51. The number of anilines is 1. The first-order chi connectivity index (χ1) is 18.6. The van der Waals surface area contributed by atoms with E-state index in [1.807, 2.05) is 35.2 Å². The summed E-state index contributed by atoms with van der Waals surface area (Å²) in [6, 6.07) is 13.1. The topological polar surface area (TPSA) is 93.1 Å².